The zero-order valence-corrected chi connectivity index (χ0v) is 12.8. The highest BCUT2D eigenvalue weighted by Crippen LogP contribution is 2.34. The molecule has 110 valence electrons. The molecule has 1 heterocycles. The molecule has 0 bridgehead atoms. The van der Waals surface area contributed by atoms with Gasteiger partial charge >= 0.3 is 0 Å². The van der Waals surface area contributed by atoms with Crippen molar-refractivity contribution in [1.29, 1.82) is 0 Å². The fraction of sp³-hybridized carbons (Fsp3) is 0.562. The molecular weight excluding hydrogens is 252 g/mol. The molecule has 2 unspecified atom stereocenters. The third-order valence-corrected chi connectivity index (χ3v) is 4.28. The van der Waals surface area contributed by atoms with Gasteiger partial charge in [-0.05, 0) is 49.1 Å². The Balaban J connectivity index is 2.27. The zero-order chi connectivity index (χ0) is 14.9. The summed E-state index contributed by atoms with van der Waals surface area (Å²) in [4.78, 5) is 13.3. The number of nitrogens with zero attached hydrogens (tertiary/aromatic N) is 1. The van der Waals surface area contributed by atoms with Gasteiger partial charge in [-0.3, -0.25) is 4.79 Å². The van der Waals surface area contributed by atoms with E-state index in [1.165, 1.54) is 16.7 Å². The standard InChI is InChI=1S/C16H24N2O2/c1-10-7-13(20-4)8-11(2)16(10)14-5-6-18(12(3)19)9-15(14)17/h7-8,14-15H,5-6,9,17H2,1-4H3. The lowest BCUT2D eigenvalue weighted by atomic mass is 9.81. The van der Waals surface area contributed by atoms with Crippen molar-refractivity contribution in [2.75, 3.05) is 20.2 Å². The van der Waals surface area contributed by atoms with Gasteiger partial charge in [-0.2, -0.15) is 0 Å². The van der Waals surface area contributed by atoms with E-state index < -0.39 is 0 Å². The summed E-state index contributed by atoms with van der Waals surface area (Å²) in [5.74, 6) is 1.32. The number of hydrogen-bond acceptors (Lipinski definition) is 3. The van der Waals surface area contributed by atoms with E-state index in [1.54, 1.807) is 14.0 Å². The second-order valence-corrected chi connectivity index (χ2v) is 5.70. The van der Waals surface area contributed by atoms with E-state index in [2.05, 4.69) is 26.0 Å². The van der Waals surface area contributed by atoms with Crippen LogP contribution < -0.4 is 10.5 Å². The Morgan fingerprint density at radius 3 is 2.40 bits per heavy atom. The predicted molar refractivity (Wildman–Crippen MR) is 80.1 cm³/mol. The number of nitrogens with two attached hydrogens (primary N) is 1. The quantitative estimate of drug-likeness (QED) is 0.898. The van der Waals surface area contributed by atoms with Crippen molar-refractivity contribution in [2.24, 2.45) is 5.73 Å². The number of ether oxygens (including phenoxy) is 1. The number of aryl methyl sites for hydroxylation is 2. The van der Waals surface area contributed by atoms with Crippen molar-refractivity contribution in [3.05, 3.63) is 28.8 Å². The number of piperidine rings is 1. The molecule has 1 aromatic carbocycles. The summed E-state index contributed by atoms with van der Waals surface area (Å²) in [6.07, 6.45) is 0.925. The van der Waals surface area contributed by atoms with Crippen LogP contribution in [-0.2, 0) is 4.79 Å². The first-order valence-corrected chi connectivity index (χ1v) is 7.10. The fourth-order valence-electron chi connectivity index (χ4n) is 3.26. The van der Waals surface area contributed by atoms with E-state index in [0.29, 0.717) is 12.5 Å². The van der Waals surface area contributed by atoms with Crippen LogP contribution in [0.25, 0.3) is 0 Å². The summed E-state index contributed by atoms with van der Waals surface area (Å²) in [6, 6.07) is 4.12. The van der Waals surface area contributed by atoms with Crippen molar-refractivity contribution >= 4 is 5.91 Å². The van der Waals surface area contributed by atoms with E-state index in [4.69, 9.17) is 10.5 Å². The average molecular weight is 276 g/mol. The lowest BCUT2D eigenvalue weighted by Crippen LogP contribution is -2.49. The van der Waals surface area contributed by atoms with Gasteiger partial charge in [0.1, 0.15) is 5.75 Å². The molecular formula is C16H24N2O2. The largest absolute Gasteiger partial charge is 0.497 e. The molecule has 1 aromatic rings. The first-order valence-electron chi connectivity index (χ1n) is 7.10. The molecule has 1 amide bonds. The summed E-state index contributed by atoms with van der Waals surface area (Å²) >= 11 is 0. The van der Waals surface area contributed by atoms with Gasteiger partial charge in [0.25, 0.3) is 0 Å². The van der Waals surface area contributed by atoms with E-state index in [-0.39, 0.29) is 11.9 Å². The molecule has 0 radical (unpaired) electrons. The highest BCUT2D eigenvalue weighted by atomic mass is 16.5. The highest BCUT2D eigenvalue weighted by molar-refractivity contribution is 5.73. The molecule has 4 heteroatoms. The number of rotatable bonds is 2. The van der Waals surface area contributed by atoms with Crippen LogP contribution in [0.1, 0.15) is 36.0 Å². The van der Waals surface area contributed by atoms with Crippen LogP contribution in [0.2, 0.25) is 0 Å². The van der Waals surface area contributed by atoms with Crippen LogP contribution in [0, 0.1) is 13.8 Å². The third-order valence-electron chi connectivity index (χ3n) is 4.28. The summed E-state index contributed by atoms with van der Waals surface area (Å²) < 4.78 is 5.31. The van der Waals surface area contributed by atoms with Crippen LogP contribution in [0.5, 0.6) is 5.75 Å². The van der Waals surface area contributed by atoms with Crippen molar-refractivity contribution in [1.82, 2.24) is 4.90 Å². The number of hydrogen-bond donors (Lipinski definition) is 1. The number of likely N-dealkylation sites (tertiary alicyclic amines) is 1. The molecule has 2 N–H and O–H groups in total. The molecule has 1 saturated heterocycles. The first kappa shape index (κ1) is 14.9. The molecule has 2 atom stereocenters. The minimum atomic E-state index is -0.00144. The molecule has 0 spiro atoms. The number of amides is 1. The minimum Gasteiger partial charge on any atom is -0.497 e. The van der Waals surface area contributed by atoms with Crippen molar-refractivity contribution in [3.63, 3.8) is 0 Å². The predicted octanol–water partition coefficient (Wildman–Crippen LogP) is 1.98. The maximum Gasteiger partial charge on any atom is 0.219 e. The second kappa shape index (κ2) is 5.83. The van der Waals surface area contributed by atoms with Gasteiger partial charge in [0.2, 0.25) is 5.91 Å². The minimum absolute atomic E-state index is 0.00144. The van der Waals surface area contributed by atoms with Crippen LogP contribution >= 0.6 is 0 Å². The lowest BCUT2D eigenvalue weighted by Gasteiger charge is -2.37. The molecule has 0 saturated carbocycles. The molecule has 2 rings (SSSR count). The van der Waals surface area contributed by atoms with Gasteiger partial charge < -0.3 is 15.4 Å². The Morgan fingerprint density at radius 1 is 1.35 bits per heavy atom. The Bertz CT molecular complexity index is 490. The van der Waals surface area contributed by atoms with E-state index >= 15 is 0 Å². The van der Waals surface area contributed by atoms with Gasteiger partial charge in [-0.25, -0.2) is 0 Å². The number of carbonyl (C=O) groups excluding carboxylic acids is 1. The second-order valence-electron chi connectivity index (χ2n) is 5.70. The smallest absolute Gasteiger partial charge is 0.219 e. The molecule has 0 aromatic heterocycles. The lowest BCUT2D eigenvalue weighted by molar-refractivity contribution is -0.130. The maximum atomic E-state index is 11.5. The van der Waals surface area contributed by atoms with Crippen molar-refractivity contribution in [2.45, 2.75) is 39.2 Å². The fourth-order valence-corrected chi connectivity index (χ4v) is 3.26. The van der Waals surface area contributed by atoms with Crippen LogP contribution in [0.15, 0.2) is 12.1 Å². The monoisotopic (exact) mass is 276 g/mol. The maximum absolute atomic E-state index is 11.5. The molecule has 0 aliphatic carbocycles. The topological polar surface area (TPSA) is 55.6 Å². The van der Waals surface area contributed by atoms with Gasteiger partial charge in [0.15, 0.2) is 0 Å². The number of carbonyl (C=O) groups is 1. The molecule has 1 aliphatic rings. The van der Waals surface area contributed by atoms with Gasteiger partial charge in [0.05, 0.1) is 7.11 Å². The SMILES string of the molecule is COc1cc(C)c(C2CCN(C(C)=O)CC2N)c(C)c1. The Labute approximate surface area is 120 Å². The van der Waals surface area contributed by atoms with Gasteiger partial charge in [0, 0.05) is 32.0 Å². The Hall–Kier alpha value is -1.55. The van der Waals surface area contributed by atoms with Crippen LogP contribution in [0.3, 0.4) is 0 Å². The van der Waals surface area contributed by atoms with Gasteiger partial charge in [-0.1, -0.05) is 0 Å². The van der Waals surface area contributed by atoms with Crippen LogP contribution in [0.4, 0.5) is 0 Å². The van der Waals surface area contributed by atoms with Crippen molar-refractivity contribution in [3.8, 4) is 5.75 Å². The molecule has 1 aliphatic heterocycles. The normalized spacial score (nSPS) is 22.8. The summed E-state index contributed by atoms with van der Waals surface area (Å²) in [5, 5.41) is 0. The summed E-state index contributed by atoms with van der Waals surface area (Å²) in [7, 11) is 1.69. The van der Waals surface area contributed by atoms with Gasteiger partial charge in [-0.15, -0.1) is 0 Å². The number of benzene rings is 1. The third kappa shape index (κ3) is 2.80. The van der Waals surface area contributed by atoms with Crippen molar-refractivity contribution < 1.29 is 9.53 Å². The zero-order valence-electron chi connectivity index (χ0n) is 12.8. The first-order chi connectivity index (χ1) is 9.43. The average Bonchev–Trinajstić information content (AvgIpc) is 2.39. The Morgan fingerprint density at radius 2 is 1.95 bits per heavy atom. The van der Waals surface area contributed by atoms with E-state index in [1.807, 2.05) is 4.90 Å². The van der Waals surface area contributed by atoms with Crippen LogP contribution in [-0.4, -0.2) is 37.0 Å². The highest BCUT2D eigenvalue weighted by Gasteiger charge is 2.30. The molecule has 4 nitrogen and oxygen atoms in total. The molecule has 1 fully saturated rings. The van der Waals surface area contributed by atoms with E-state index in [9.17, 15) is 4.79 Å². The molecule has 20 heavy (non-hydrogen) atoms. The Kier molecular flexibility index (Phi) is 4.33. The number of methoxy groups -OCH3 is 1. The summed E-state index contributed by atoms with van der Waals surface area (Å²) in [6.45, 7) is 7.25. The van der Waals surface area contributed by atoms with E-state index in [0.717, 1.165) is 18.7 Å². The summed E-state index contributed by atoms with van der Waals surface area (Å²) in [5.41, 5.74) is 10.1.